The molecule has 1 N–H and O–H groups in total. The van der Waals surface area contributed by atoms with Crippen molar-refractivity contribution in [2.24, 2.45) is 0 Å². The standard InChI is InChI=1S/C18H22BrNO6/c1-25-16(22)11-10-14(18(24)26-2)20-17(23)13-8-6-12(7-9-13)4-3-5-15(19)21/h6-9,14H,3-5,10-11H2,1-2H3,(H,20,23)/t14-/m0/s1. The van der Waals surface area contributed by atoms with Crippen LogP contribution in [0.4, 0.5) is 0 Å². The summed E-state index contributed by atoms with van der Waals surface area (Å²) in [4.78, 5) is 46.2. The summed E-state index contributed by atoms with van der Waals surface area (Å²) in [5, 5.41) is 2.57. The zero-order valence-corrected chi connectivity index (χ0v) is 16.3. The van der Waals surface area contributed by atoms with Gasteiger partial charge in [0.1, 0.15) is 6.04 Å². The lowest BCUT2D eigenvalue weighted by Gasteiger charge is -2.16. The van der Waals surface area contributed by atoms with Crippen LogP contribution in [0.15, 0.2) is 24.3 Å². The SMILES string of the molecule is COC(=O)CC[C@H](NC(=O)c1ccc(CCCC(=O)Br)cc1)C(=O)OC. The summed E-state index contributed by atoms with van der Waals surface area (Å²) in [7, 11) is 2.47. The predicted molar refractivity (Wildman–Crippen MR) is 97.8 cm³/mol. The molecular formula is C18H22BrNO6. The number of benzene rings is 1. The number of carbonyl (C=O) groups excluding carboxylic acids is 4. The molecule has 7 nitrogen and oxygen atoms in total. The van der Waals surface area contributed by atoms with Crippen molar-refractivity contribution in [3.63, 3.8) is 0 Å². The second-order valence-electron chi connectivity index (χ2n) is 5.57. The molecule has 0 aliphatic heterocycles. The van der Waals surface area contributed by atoms with Crippen LogP contribution < -0.4 is 5.32 Å². The molecule has 0 heterocycles. The van der Waals surface area contributed by atoms with E-state index in [4.69, 9.17) is 0 Å². The van der Waals surface area contributed by atoms with E-state index in [0.717, 1.165) is 12.0 Å². The normalized spacial score (nSPS) is 11.3. The largest absolute Gasteiger partial charge is 0.469 e. The van der Waals surface area contributed by atoms with E-state index in [0.29, 0.717) is 18.4 Å². The van der Waals surface area contributed by atoms with Crippen LogP contribution in [0.25, 0.3) is 0 Å². The van der Waals surface area contributed by atoms with Crippen LogP contribution in [-0.2, 0) is 30.3 Å². The number of nitrogens with one attached hydrogen (secondary N) is 1. The first-order valence-electron chi connectivity index (χ1n) is 8.10. The van der Waals surface area contributed by atoms with Gasteiger partial charge in [-0.2, -0.15) is 0 Å². The fraction of sp³-hybridized carbons (Fsp3) is 0.444. The van der Waals surface area contributed by atoms with Crippen molar-refractivity contribution in [2.45, 2.75) is 38.1 Å². The molecule has 1 atom stereocenters. The van der Waals surface area contributed by atoms with Crippen LogP contribution >= 0.6 is 15.9 Å². The highest BCUT2D eigenvalue weighted by atomic mass is 79.9. The van der Waals surface area contributed by atoms with E-state index in [-0.39, 0.29) is 17.5 Å². The molecule has 26 heavy (non-hydrogen) atoms. The highest BCUT2D eigenvalue weighted by Gasteiger charge is 2.23. The lowest BCUT2D eigenvalue weighted by molar-refractivity contribution is -0.144. The van der Waals surface area contributed by atoms with Crippen molar-refractivity contribution < 1.29 is 28.7 Å². The molecule has 142 valence electrons. The number of halogens is 1. The first kappa shape index (κ1) is 21.8. The van der Waals surface area contributed by atoms with Gasteiger partial charge in [0.2, 0.25) is 0 Å². The molecule has 0 aliphatic carbocycles. The third kappa shape index (κ3) is 7.77. The molecule has 8 heteroatoms. The van der Waals surface area contributed by atoms with Crippen LogP contribution in [0.1, 0.15) is 41.6 Å². The van der Waals surface area contributed by atoms with Crippen molar-refractivity contribution in [2.75, 3.05) is 14.2 Å². The molecule has 0 unspecified atom stereocenters. The Morgan fingerprint density at radius 3 is 2.23 bits per heavy atom. The number of ether oxygens (including phenoxy) is 2. The van der Waals surface area contributed by atoms with Gasteiger partial charge in [-0.05, 0) is 52.9 Å². The summed E-state index contributed by atoms with van der Waals surface area (Å²) >= 11 is 2.89. The lowest BCUT2D eigenvalue weighted by atomic mass is 10.1. The molecule has 0 fully saturated rings. The van der Waals surface area contributed by atoms with Crippen molar-refractivity contribution in [3.8, 4) is 0 Å². The fourth-order valence-electron chi connectivity index (χ4n) is 2.25. The van der Waals surface area contributed by atoms with E-state index in [2.05, 4.69) is 30.7 Å². The molecule has 0 spiro atoms. The molecule has 0 radical (unpaired) electrons. The zero-order chi connectivity index (χ0) is 19.5. The maximum absolute atomic E-state index is 12.3. The fourth-order valence-corrected chi connectivity index (χ4v) is 2.53. The average molecular weight is 428 g/mol. The molecule has 0 saturated heterocycles. The van der Waals surface area contributed by atoms with Crippen LogP contribution in [0.3, 0.4) is 0 Å². The van der Waals surface area contributed by atoms with Gasteiger partial charge in [0, 0.05) is 18.4 Å². The second kappa shape index (κ2) is 11.4. The average Bonchev–Trinajstić information content (AvgIpc) is 2.64. The van der Waals surface area contributed by atoms with E-state index >= 15 is 0 Å². The summed E-state index contributed by atoms with van der Waals surface area (Å²) in [6.07, 6.45) is 1.96. The highest BCUT2D eigenvalue weighted by Crippen LogP contribution is 2.10. The van der Waals surface area contributed by atoms with Crippen molar-refractivity contribution in [1.82, 2.24) is 5.32 Å². The van der Waals surface area contributed by atoms with Crippen molar-refractivity contribution >= 4 is 38.5 Å². The first-order valence-corrected chi connectivity index (χ1v) is 8.89. The van der Waals surface area contributed by atoms with Gasteiger partial charge in [0.05, 0.1) is 14.2 Å². The molecule has 0 aromatic heterocycles. The number of hydrogen-bond donors (Lipinski definition) is 1. The van der Waals surface area contributed by atoms with Gasteiger partial charge in [-0.3, -0.25) is 14.4 Å². The number of rotatable bonds is 10. The van der Waals surface area contributed by atoms with Crippen molar-refractivity contribution in [1.29, 1.82) is 0 Å². The number of carbonyl (C=O) groups is 4. The minimum absolute atomic E-state index is 0.0121. The van der Waals surface area contributed by atoms with E-state index in [1.165, 1.54) is 14.2 Å². The van der Waals surface area contributed by atoms with Gasteiger partial charge in [-0.15, -0.1) is 0 Å². The maximum Gasteiger partial charge on any atom is 0.328 e. The Balaban J connectivity index is 2.65. The Labute approximate surface area is 160 Å². The molecule has 0 bridgehead atoms. The minimum atomic E-state index is -0.934. The van der Waals surface area contributed by atoms with Gasteiger partial charge in [0.25, 0.3) is 5.91 Å². The molecule has 1 amide bonds. The van der Waals surface area contributed by atoms with Crippen LogP contribution in [0, 0.1) is 0 Å². The van der Waals surface area contributed by atoms with Gasteiger partial charge in [0.15, 0.2) is 4.69 Å². The molecule has 1 aromatic rings. The van der Waals surface area contributed by atoms with Gasteiger partial charge < -0.3 is 14.8 Å². The third-order valence-corrected chi connectivity index (χ3v) is 4.11. The number of hydrogen-bond acceptors (Lipinski definition) is 6. The van der Waals surface area contributed by atoms with Crippen molar-refractivity contribution in [3.05, 3.63) is 35.4 Å². The summed E-state index contributed by atoms with van der Waals surface area (Å²) in [6, 6.07) is 5.96. The topological polar surface area (TPSA) is 98.8 Å². The van der Waals surface area contributed by atoms with Gasteiger partial charge >= 0.3 is 11.9 Å². The van der Waals surface area contributed by atoms with Crippen LogP contribution in [-0.4, -0.2) is 42.8 Å². The minimum Gasteiger partial charge on any atom is -0.469 e. The number of methoxy groups -OCH3 is 2. The number of esters is 2. The Kier molecular flexibility index (Phi) is 9.57. The first-order chi connectivity index (χ1) is 12.4. The van der Waals surface area contributed by atoms with Gasteiger partial charge in [-0.1, -0.05) is 12.1 Å². The summed E-state index contributed by atoms with van der Waals surface area (Å²) in [5.41, 5.74) is 1.39. The second-order valence-corrected chi connectivity index (χ2v) is 6.45. The van der Waals surface area contributed by atoms with E-state index in [9.17, 15) is 19.2 Å². The Morgan fingerprint density at radius 1 is 1.04 bits per heavy atom. The third-order valence-electron chi connectivity index (χ3n) is 3.71. The maximum atomic E-state index is 12.3. The summed E-state index contributed by atoms with van der Waals surface area (Å²) < 4.78 is 9.16. The van der Waals surface area contributed by atoms with E-state index < -0.39 is 23.9 Å². The Hall–Kier alpha value is -2.22. The molecular weight excluding hydrogens is 406 g/mol. The monoisotopic (exact) mass is 427 g/mol. The molecule has 0 saturated carbocycles. The quantitative estimate of drug-likeness (QED) is 0.453. The molecule has 1 rings (SSSR count). The summed E-state index contributed by atoms with van der Waals surface area (Å²) in [6.45, 7) is 0. The van der Waals surface area contributed by atoms with E-state index in [1.807, 2.05) is 0 Å². The summed E-state index contributed by atoms with van der Waals surface area (Å²) in [5.74, 6) is -1.54. The Bertz CT molecular complexity index is 644. The zero-order valence-electron chi connectivity index (χ0n) is 14.7. The predicted octanol–water partition coefficient (Wildman–Crippen LogP) is 2.16. The smallest absolute Gasteiger partial charge is 0.328 e. The van der Waals surface area contributed by atoms with Crippen LogP contribution in [0.2, 0.25) is 0 Å². The molecule has 0 aliphatic rings. The Morgan fingerprint density at radius 2 is 1.69 bits per heavy atom. The van der Waals surface area contributed by atoms with E-state index in [1.54, 1.807) is 24.3 Å². The highest BCUT2D eigenvalue weighted by molar-refractivity contribution is 9.18. The number of aryl methyl sites for hydroxylation is 1. The lowest BCUT2D eigenvalue weighted by Crippen LogP contribution is -2.41. The van der Waals surface area contributed by atoms with Crippen LogP contribution in [0.5, 0.6) is 0 Å². The number of amides is 1. The molecule has 1 aromatic carbocycles. The van der Waals surface area contributed by atoms with Gasteiger partial charge in [-0.25, -0.2) is 4.79 Å².